The van der Waals surface area contributed by atoms with Gasteiger partial charge >= 0.3 is 7.82 Å². The van der Waals surface area contributed by atoms with E-state index in [1.807, 2.05) is 42.5 Å². The molecule has 2 aliphatic heterocycles. The molecule has 0 aromatic carbocycles. The van der Waals surface area contributed by atoms with Crippen LogP contribution in [0.1, 0.15) is 22.8 Å². The van der Waals surface area contributed by atoms with Crippen molar-refractivity contribution in [3.05, 3.63) is 68.1 Å². The van der Waals surface area contributed by atoms with Crippen LogP contribution in [0.2, 0.25) is 0 Å². The maximum absolute atomic E-state index is 8.88. The van der Waals surface area contributed by atoms with E-state index in [9.17, 15) is 0 Å². The lowest BCUT2D eigenvalue weighted by molar-refractivity contribution is 0.275. The van der Waals surface area contributed by atoms with E-state index in [-0.39, 0.29) is 0 Å². The fourth-order valence-electron chi connectivity index (χ4n) is 3.00. The zero-order valence-electron chi connectivity index (χ0n) is 15.6. The lowest BCUT2D eigenvalue weighted by Gasteiger charge is -1.92. The predicted molar refractivity (Wildman–Crippen MR) is 129 cm³/mol. The number of nitrogens with one attached hydrogen (secondary N) is 2. The van der Waals surface area contributed by atoms with Crippen LogP contribution in [0.25, 0.3) is 46.4 Å². The molecule has 0 fully saturated rings. The van der Waals surface area contributed by atoms with Crippen molar-refractivity contribution in [2.24, 2.45) is 0 Å². The maximum atomic E-state index is 8.88. The first-order chi connectivity index (χ1) is 14.7. The first kappa shape index (κ1) is 21.9. The van der Waals surface area contributed by atoms with Gasteiger partial charge < -0.3 is 24.6 Å². The van der Waals surface area contributed by atoms with E-state index in [0.29, 0.717) is 0 Å². The highest BCUT2D eigenvalue weighted by Gasteiger charge is 2.08. The molecule has 5 heterocycles. The van der Waals surface area contributed by atoms with Gasteiger partial charge in [0.25, 0.3) is 0 Å². The largest absolute Gasteiger partial charge is 0.466 e. The number of aromatic amines is 2. The smallest absolute Gasteiger partial charge is 0.354 e. The number of aromatic nitrogens is 4. The third kappa shape index (κ3) is 5.48. The van der Waals surface area contributed by atoms with Crippen LogP contribution in [0.15, 0.2) is 45.3 Å². The Bertz CT molecular complexity index is 1330. The van der Waals surface area contributed by atoms with Crippen LogP contribution in [0.4, 0.5) is 0 Å². The van der Waals surface area contributed by atoms with Gasteiger partial charge in [-0.25, -0.2) is 14.5 Å². The molecular weight excluding hydrogens is 551 g/mol. The van der Waals surface area contributed by atoms with Gasteiger partial charge in [-0.15, -0.1) is 0 Å². The van der Waals surface area contributed by atoms with Gasteiger partial charge in [-0.1, -0.05) is 0 Å². The molecule has 0 aliphatic carbocycles. The Labute approximate surface area is 192 Å². The molecule has 0 spiro atoms. The van der Waals surface area contributed by atoms with Crippen LogP contribution in [0, 0.1) is 0 Å². The van der Waals surface area contributed by atoms with Crippen LogP contribution in [-0.2, 0) is 4.57 Å². The Kier molecular flexibility index (Phi) is 6.11. The normalized spacial score (nSPS) is 12.5. The molecular formula is C20H15Br2N4O4P. The van der Waals surface area contributed by atoms with Gasteiger partial charge in [0.2, 0.25) is 0 Å². The number of rotatable bonds is 0. The highest BCUT2D eigenvalue weighted by Crippen LogP contribution is 2.27. The van der Waals surface area contributed by atoms with Crippen molar-refractivity contribution in [2.45, 2.75) is 0 Å². The monoisotopic (exact) mass is 564 g/mol. The zero-order chi connectivity index (χ0) is 22.2. The number of hydrogen-bond donors (Lipinski definition) is 5. The molecule has 0 unspecified atom stereocenters. The Morgan fingerprint density at radius 3 is 1.55 bits per heavy atom. The highest BCUT2D eigenvalue weighted by molar-refractivity contribution is 9.11. The summed E-state index contributed by atoms with van der Waals surface area (Å²) in [5.74, 6) is 0. The maximum Gasteiger partial charge on any atom is 0.466 e. The second-order valence-corrected chi connectivity index (χ2v) is 9.21. The number of fused-ring (bicyclic) bond motifs is 8. The molecule has 5 rings (SSSR count). The molecule has 8 nitrogen and oxygen atoms in total. The van der Waals surface area contributed by atoms with Gasteiger partial charge in [0.15, 0.2) is 0 Å². The molecule has 5 N–H and O–H groups in total. The topological polar surface area (TPSA) is 135 Å². The van der Waals surface area contributed by atoms with Crippen LogP contribution in [0.5, 0.6) is 0 Å². The minimum Gasteiger partial charge on any atom is -0.354 e. The summed E-state index contributed by atoms with van der Waals surface area (Å²) in [5, 5.41) is 0. The fourth-order valence-corrected chi connectivity index (χ4v) is 3.91. The van der Waals surface area contributed by atoms with Gasteiger partial charge in [0.05, 0.1) is 42.8 Å². The van der Waals surface area contributed by atoms with E-state index in [1.165, 1.54) is 0 Å². The summed E-state index contributed by atoms with van der Waals surface area (Å²) >= 11 is 7.33. The van der Waals surface area contributed by atoms with Crippen molar-refractivity contribution in [3.8, 4) is 0 Å². The summed E-state index contributed by atoms with van der Waals surface area (Å²) in [5.41, 5.74) is 7.54. The Hall–Kier alpha value is -2.33. The first-order valence-corrected chi connectivity index (χ1v) is 12.0. The van der Waals surface area contributed by atoms with Crippen molar-refractivity contribution < 1.29 is 19.2 Å². The number of nitrogens with zero attached hydrogens (tertiary/aromatic N) is 2. The van der Waals surface area contributed by atoms with Crippen LogP contribution >= 0.6 is 39.7 Å². The lowest BCUT2D eigenvalue weighted by Crippen LogP contribution is -1.80. The van der Waals surface area contributed by atoms with Crippen LogP contribution < -0.4 is 0 Å². The fraction of sp³-hybridized carbons (Fsp3) is 0. The molecule has 0 atom stereocenters. The number of halogens is 2. The van der Waals surface area contributed by atoms with Gasteiger partial charge in [-0.2, -0.15) is 0 Å². The summed E-state index contributed by atoms with van der Waals surface area (Å²) in [6, 6.07) is 12.2. The van der Waals surface area contributed by atoms with E-state index >= 15 is 0 Å². The minimum atomic E-state index is -4.64. The first-order valence-electron chi connectivity index (χ1n) is 8.85. The second-order valence-electron chi connectivity index (χ2n) is 6.60. The van der Waals surface area contributed by atoms with E-state index < -0.39 is 7.82 Å². The molecule has 8 bridgehead atoms. The van der Waals surface area contributed by atoms with Gasteiger partial charge in [-0.3, -0.25) is 0 Å². The van der Waals surface area contributed by atoms with Crippen LogP contribution in [-0.4, -0.2) is 34.6 Å². The molecule has 158 valence electrons. The highest BCUT2D eigenvalue weighted by atomic mass is 79.9. The zero-order valence-corrected chi connectivity index (χ0v) is 19.7. The number of H-pyrrole nitrogens is 2. The van der Waals surface area contributed by atoms with Crippen LogP contribution in [0.3, 0.4) is 0 Å². The Morgan fingerprint density at radius 1 is 0.710 bits per heavy atom. The van der Waals surface area contributed by atoms with E-state index in [2.05, 4.69) is 70.0 Å². The molecule has 0 radical (unpaired) electrons. The number of hydrogen-bond acceptors (Lipinski definition) is 3. The van der Waals surface area contributed by atoms with E-state index in [0.717, 1.165) is 53.8 Å². The third-order valence-corrected chi connectivity index (χ3v) is 5.94. The van der Waals surface area contributed by atoms with Crippen molar-refractivity contribution in [3.63, 3.8) is 0 Å². The van der Waals surface area contributed by atoms with Crippen molar-refractivity contribution >= 4 is 86.1 Å². The Balaban J connectivity index is 0.000000418. The van der Waals surface area contributed by atoms with Crippen molar-refractivity contribution in [1.82, 2.24) is 19.9 Å². The average Bonchev–Trinajstić information content (AvgIpc) is 3.47. The second kappa shape index (κ2) is 8.66. The molecule has 2 aliphatic rings. The molecule has 0 saturated heterocycles. The molecule has 0 saturated carbocycles. The predicted octanol–water partition coefficient (Wildman–Crippen LogP) is 5.25. The summed E-state index contributed by atoms with van der Waals surface area (Å²) in [4.78, 5) is 37.8. The van der Waals surface area contributed by atoms with Crippen molar-refractivity contribution in [2.75, 3.05) is 0 Å². The molecule has 11 heteroatoms. The number of phosphoric acid groups is 1. The van der Waals surface area contributed by atoms with Crippen molar-refractivity contribution in [1.29, 1.82) is 0 Å². The Morgan fingerprint density at radius 2 is 1.13 bits per heavy atom. The summed E-state index contributed by atoms with van der Waals surface area (Å²) in [7, 11) is -4.64. The standard InChI is InChI=1S/C20H12Br2N4.H3O4P/c21-19-15-5-1-11(23-15)9-12-2-6-17(24-12)20(22)18-8-4-14(26-18)10-13-3-7-16(19)25-13;1-5(2,3)4/h1-10,23-24H;(H3,1,2,3,4). The molecule has 3 aromatic rings. The summed E-state index contributed by atoms with van der Waals surface area (Å²) < 4.78 is 10.7. The minimum absolute atomic E-state index is 0.880. The quantitative estimate of drug-likeness (QED) is 0.163. The lowest BCUT2D eigenvalue weighted by atomic mass is 10.3. The summed E-state index contributed by atoms with van der Waals surface area (Å²) in [6.45, 7) is 0. The van der Waals surface area contributed by atoms with E-state index in [1.54, 1.807) is 0 Å². The van der Waals surface area contributed by atoms with E-state index in [4.69, 9.17) is 19.2 Å². The SMILES string of the molecule is Brc1c2nc(cc3nc(c(Br)c4ccc(cc5ccc1[nH]5)[nH]4)C=C3)C=C2.O=P(O)(O)O. The summed E-state index contributed by atoms with van der Waals surface area (Å²) in [6.07, 6.45) is 7.99. The molecule has 0 amide bonds. The van der Waals surface area contributed by atoms with Gasteiger partial charge in [0.1, 0.15) is 0 Å². The molecule has 3 aromatic heterocycles. The third-order valence-electron chi connectivity index (χ3n) is 4.27. The van der Waals surface area contributed by atoms with Gasteiger partial charge in [-0.05, 0) is 92.6 Å². The molecule has 31 heavy (non-hydrogen) atoms. The average molecular weight is 566 g/mol. The van der Waals surface area contributed by atoms with Gasteiger partial charge in [0, 0.05) is 11.0 Å².